The van der Waals surface area contributed by atoms with Crippen LogP contribution in [0.15, 0.2) is 217 Å². The molecule has 12 rings (SSSR count). The Morgan fingerprint density at radius 3 is 1.56 bits per heavy atom. The fraction of sp³-hybridized carbons (Fsp3) is 0. The van der Waals surface area contributed by atoms with Crippen molar-refractivity contribution in [3.63, 3.8) is 0 Å². The Balaban J connectivity index is 0.917. The molecule has 0 bridgehead atoms. The summed E-state index contributed by atoms with van der Waals surface area (Å²) in [4.78, 5) is 15.4. The molecule has 0 amide bonds. The van der Waals surface area contributed by atoms with Gasteiger partial charge >= 0.3 is 0 Å². The number of hydrogen-bond donors (Lipinski definition) is 0. The lowest BCUT2D eigenvalue weighted by atomic mass is 9.97. The molecule has 9 aromatic carbocycles. The van der Waals surface area contributed by atoms with E-state index in [2.05, 4.69) is 164 Å². The number of furan rings is 1. The van der Waals surface area contributed by atoms with E-state index in [9.17, 15) is 0 Å². The SMILES string of the molecule is c1ccc(-c2cccc(-c3ccc4oc5cccc(-c6nc(-c7ccccc7)nc(-c7ccc(-c8ccc(-c9cccc%10c9sc9ccccc9%10)cc8)cc7)n6)c5c4c3)c2)cc1. The number of hydrogen-bond acceptors (Lipinski definition) is 5. The molecule has 0 N–H and O–H groups in total. The Labute approximate surface area is 362 Å². The van der Waals surface area contributed by atoms with Crippen molar-refractivity contribution in [2.24, 2.45) is 0 Å². The van der Waals surface area contributed by atoms with Crippen LogP contribution in [0.5, 0.6) is 0 Å². The molecule has 0 fully saturated rings. The third kappa shape index (κ3) is 6.35. The summed E-state index contributed by atoms with van der Waals surface area (Å²) in [6.07, 6.45) is 0. The highest BCUT2D eigenvalue weighted by Crippen LogP contribution is 2.41. The molecule has 290 valence electrons. The van der Waals surface area contributed by atoms with E-state index in [1.54, 1.807) is 0 Å². The van der Waals surface area contributed by atoms with Gasteiger partial charge in [0.1, 0.15) is 11.2 Å². The van der Waals surface area contributed by atoms with Gasteiger partial charge in [-0.25, -0.2) is 15.0 Å². The molecule has 0 aliphatic rings. The molecule has 0 aliphatic carbocycles. The fourth-order valence-electron chi connectivity index (χ4n) is 8.67. The van der Waals surface area contributed by atoms with Gasteiger partial charge in [0.25, 0.3) is 0 Å². The lowest BCUT2D eigenvalue weighted by Crippen LogP contribution is -2.00. The maximum Gasteiger partial charge on any atom is 0.164 e. The zero-order chi connectivity index (χ0) is 41.0. The third-order valence-corrected chi connectivity index (χ3v) is 13.0. The first-order valence-corrected chi connectivity index (χ1v) is 21.6. The lowest BCUT2D eigenvalue weighted by molar-refractivity contribution is 0.669. The van der Waals surface area contributed by atoms with Crippen molar-refractivity contribution in [1.29, 1.82) is 0 Å². The summed E-state index contributed by atoms with van der Waals surface area (Å²) < 4.78 is 9.11. The molecule has 4 nitrogen and oxygen atoms in total. The fourth-order valence-corrected chi connectivity index (χ4v) is 9.91. The zero-order valence-electron chi connectivity index (χ0n) is 33.4. The molecule has 0 saturated carbocycles. The predicted octanol–water partition coefficient (Wildman–Crippen LogP) is 15.8. The van der Waals surface area contributed by atoms with Gasteiger partial charge in [-0.05, 0) is 74.8 Å². The van der Waals surface area contributed by atoms with Crippen LogP contribution in [-0.2, 0) is 0 Å². The average molecular weight is 810 g/mol. The third-order valence-electron chi connectivity index (χ3n) is 11.8. The second-order valence-corrected chi connectivity index (χ2v) is 16.6. The normalized spacial score (nSPS) is 11.5. The van der Waals surface area contributed by atoms with Gasteiger partial charge in [-0.3, -0.25) is 0 Å². The van der Waals surface area contributed by atoms with Crippen LogP contribution in [0.2, 0.25) is 0 Å². The van der Waals surface area contributed by atoms with Gasteiger partial charge in [0.15, 0.2) is 17.5 Å². The predicted molar refractivity (Wildman–Crippen MR) is 258 cm³/mol. The molecular formula is C57H35N3OS. The highest BCUT2D eigenvalue weighted by Gasteiger charge is 2.19. The van der Waals surface area contributed by atoms with Crippen LogP contribution in [0.4, 0.5) is 0 Å². The van der Waals surface area contributed by atoms with E-state index in [4.69, 9.17) is 19.4 Å². The largest absolute Gasteiger partial charge is 0.456 e. The van der Waals surface area contributed by atoms with Gasteiger partial charge < -0.3 is 4.42 Å². The molecule has 0 unspecified atom stereocenters. The van der Waals surface area contributed by atoms with Crippen molar-refractivity contribution >= 4 is 53.4 Å². The van der Waals surface area contributed by atoms with Crippen molar-refractivity contribution in [3.8, 4) is 78.7 Å². The Morgan fingerprint density at radius 2 is 0.806 bits per heavy atom. The van der Waals surface area contributed by atoms with Gasteiger partial charge in [0.2, 0.25) is 0 Å². The van der Waals surface area contributed by atoms with Gasteiger partial charge in [-0.2, -0.15) is 0 Å². The number of benzene rings is 9. The summed E-state index contributed by atoms with van der Waals surface area (Å²) >= 11 is 1.86. The average Bonchev–Trinajstić information content (AvgIpc) is 3.93. The maximum atomic E-state index is 6.48. The summed E-state index contributed by atoms with van der Waals surface area (Å²) in [5.74, 6) is 1.81. The van der Waals surface area contributed by atoms with E-state index in [-0.39, 0.29) is 0 Å². The molecule has 5 heteroatoms. The van der Waals surface area contributed by atoms with Crippen LogP contribution in [-0.4, -0.2) is 15.0 Å². The minimum absolute atomic E-state index is 0.590. The van der Waals surface area contributed by atoms with Gasteiger partial charge in [0, 0.05) is 47.6 Å². The minimum atomic E-state index is 0.590. The molecule has 62 heavy (non-hydrogen) atoms. The summed E-state index contributed by atoms with van der Waals surface area (Å²) in [5.41, 5.74) is 13.7. The summed E-state index contributed by atoms with van der Waals surface area (Å²) in [6.45, 7) is 0. The first-order chi connectivity index (χ1) is 30.7. The molecule has 0 saturated heterocycles. The van der Waals surface area contributed by atoms with Gasteiger partial charge in [-0.15, -0.1) is 11.3 Å². The number of aromatic nitrogens is 3. The quantitative estimate of drug-likeness (QED) is 0.161. The summed E-state index contributed by atoms with van der Waals surface area (Å²) in [5, 5.41) is 4.61. The molecule has 12 aromatic rings. The van der Waals surface area contributed by atoms with Gasteiger partial charge in [-0.1, -0.05) is 182 Å². The number of rotatable bonds is 7. The number of nitrogens with zero attached hydrogens (tertiary/aromatic N) is 3. The molecule has 0 aliphatic heterocycles. The van der Waals surface area contributed by atoms with E-state index in [0.29, 0.717) is 17.5 Å². The van der Waals surface area contributed by atoms with Crippen molar-refractivity contribution in [2.45, 2.75) is 0 Å². The smallest absolute Gasteiger partial charge is 0.164 e. The Bertz CT molecular complexity index is 3610. The molecule has 0 spiro atoms. The van der Waals surface area contributed by atoms with E-state index in [1.165, 1.54) is 42.4 Å². The van der Waals surface area contributed by atoms with Crippen LogP contribution in [0.25, 0.3) is 121 Å². The Kier molecular flexibility index (Phi) is 8.65. The van der Waals surface area contributed by atoms with Crippen LogP contribution in [0, 0.1) is 0 Å². The highest BCUT2D eigenvalue weighted by atomic mass is 32.1. The van der Waals surface area contributed by atoms with Crippen molar-refractivity contribution < 1.29 is 4.42 Å². The van der Waals surface area contributed by atoms with Crippen molar-refractivity contribution in [3.05, 3.63) is 212 Å². The first kappa shape index (κ1) is 35.9. The second-order valence-electron chi connectivity index (χ2n) is 15.5. The van der Waals surface area contributed by atoms with Gasteiger partial charge in [0.05, 0.1) is 0 Å². The number of fused-ring (bicyclic) bond motifs is 6. The lowest BCUT2D eigenvalue weighted by Gasteiger charge is -2.10. The number of thiophene rings is 1. The molecule has 0 radical (unpaired) electrons. The standard InChI is InChI=1S/C57H35N3OS/c1-3-12-36(13-4-1)42-16-9-17-43(34-42)44-32-33-50-49(35-44)53-48(21-11-22-51(53)61-50)57-59-55(40-14-5-2-6-15-40)58-56(60-57)41-30-26-38(27-31-41)37-24-28-39(29-25-37)45-19-10-20-47-46-18-7-8-23-52(46)62-54(45)47/h1-35H. The summed E-state index contributed by atoms with van der Waals surface area (Å²) in [6, 6.07) is 74.6. The zero-order valence-corrected chi connectivity index (χ0v) is 34.2. The van der Waals surface area contributed by atoms with Crippen LogP contribution in [0.3, 0.4) is 0 Å². The van der Waals surface area contributed by atoms with E-state index in [1.807, 2.05) is 59.9 Å². The minimum Gasteiger partial charge on any atom is -0.456 e. The van der Waals surface area contributed by atoms with Crippen LogP contribution in [0.1, 0.15) is 0 Å². The van der Waals surface area contributed by atoms with Crippen LogP contribution >= 0.6 is 11.3 Å². The van der Waals surface area contributed by atoms with E-state index in [0.717, 1.165) is 60.9 Å². The maximum absolute atomic E-state index is 6.48. The van der Waals surface area contributed by atoms with Crippen LogP contribution < -0.4 is 0 Å². The van der Waals surface area contributed by atoms with E-state index < -0.39 is 0 Å². The molecular weight excluding hydrogens is 775 g/mol. The molecule has 3 heterocycles. The van der Waals surface area contributed by atoms with Crippen molar-refractivity contribution in [1.82, 2.24) is 15.0 Å². The summed E-state index contributed by atoms with van der Waals surface area (Å²) in [7, 11) is 0. The molecule has 0 atom stereocenters. The van der Waals surface area contributed by atoms with E-state index >= 15 is 0 Å². The second kappa shape index (κ2) is 14.9. The monoisotopic (exact) mass is 809 g/mol. The first-order valence-electron chi connectivity index (χ1n) is 20.7. The topological polar surface area (TPSA) is 51.8 Å². The Hall–Kier alpha value is -7.99. The van der Waals surface area contributed by atoms with Crippen molar-refractivity contribution in [2.75, 3.05) is 0 Å². The Morgan fingerprint density at radius 1 is 0.306 bits per heavy atom. The molecule has 3 aromatic heterocycles. The highest BCUT2D eigenvalue weighted by molar-refractivity contribution is 7.26.